The zero-order valence-corrected chi connectivity index (χ0v) is 12.3. The van der Waals surface area contributed by atoms with Crippen molar-refractivity contribution in [3.05, 3.63) is 72.3 Å². The van der Waals surface area contributed by atoms with Crippen LogP contribution in [-0.2, 0) is 0 Å². The number of benzene rings is 3. The first-order valence-electron chi connectivity index (χ1n) is 7.31. The van der Waals surface area contributed by atoms with E-state index in [-0.39, 0.29) is 6.79 Å². The van der Waals surface area contributed by atoms with Crippen molar-refractivity contribution >= 4 is 0 Å². The molecule has 0 bridgehead atoms. The molecule has 0 saturated heterocycles. The Morgan fingerprint density at radius 3 is 2.05 bits per heavy atom. The van der Waals surface area contributed by atoms with Gasteiger partial charge in [0.25, 0.3) is 0 Å². The van der Waals surface area contributed by atoms with E-state index in [1.165, 1.54) is 0 Å². The van der Waals surface area contributed by atoms with E-state index in [4.69, 9.17) is 9.47 Å². The molecule has 107 valence electrons. The van der Waals surface area contributed by atoms with E-state index >= 15 is 0 Å². The highest BCUT2D eigenvalue weighted by Gasteiger charge is 2.25. The van der Waals surface area contributed by atoms with Gasteiger partial charge < -0.3 is 9.47 Å². The minimum absolute atomic E-state index is 0.266. The molecule has 2 heteroatoms. The number of aryl methyl sites for hydroxylation is 1. The molecule has 0 N–H and O–H groups in total. The van der Waals surface area contributed by atoms with Crippen molar-refractivity contribution in [1.29, 1.82) is 0 Å². The molecule has 1 heterocycles. The maximum absolute atomic E-state index is 5.78. The summed E-state index contributed by atoms with van der Waals surface area (Å²) in [5.74, 6) is 1.62. The number of rotatable bonds is 2. The second-order valence-corrected chi connectivity index (χ2v) is 5.30. The standard InChI is InChI=1S/C20H15O2/c1-14-12-17(15-8-4-2-5-9-15)18(16-10-6-3-7-11-16)20-19(14)21-13-22-20/h2-11H,13H2,1H3. The van der Waals surface area contributed by atoms with Gasteiger partial charge in [-0.2, -0.15) is 0 Å². The fourth-order valence-electron chi connectivity index (χ4n) is 2.86. The number of ether oxygens (including phenoxy) is 2. The topological polar surface area (TPSA) is 18.5 Å². The Morgan fingerprint density at radius 1 is 0.773 bits per heavy atom. The highest BCUT2D eigenvalue weighted by atomic mass is 16.7. The predicted molar refractivity (Wildman–Crippen MR) is 87.0 cm³/mol. The van der Waals surface area contributed by atoms with Crippen LogP contribution in [0.25, 0.3) is 22.3 Å². The van der Waals surface area contributed by atoms with Crippen molar-refractivity contribution in [2.75, 3.05) is 6.79 Å². The van der Waals surface area contributed by atoms with Crippen LogP contribution in [0, 0.1) is 13.0 Å². The monoisotopic (exact) mass is 287 g/mol. The molecule has 4 rings (SSSR count). The first kappa shape index (κ1) is 13.0. The lowest BCUT2D eigenvalue weighted by molar-refractivity contribution is 0.174. The lowest BCUT2D eigenvalue weighted by Gasteiger charge is -2.14. The van der Waals surface area contributed by atoms with E-state index in [0.717, 1.165) is 39.3 Å². The molecule has 0 unspecified atom stereocenters. The largest absolute Gasteiger partial charge is 0.453 e. The zero-order valence-electron chi connectivity index (χ0n) is 12.3. The SMILES string of the molecule is Cc1[c]c(-c2ccccc2)c(-c2ccccc2)c2c1OCO2. The van der Waals surface area contributed by atoms with E-state index in [9.17, 15) is 0 Å². The molecular weight excluding hydrogens is 272 g/mol. The van der Waals surface area contributed by atoms with Gasteiger partial charge in [0.15, 0.2) is 11.5 Å². The van der Waals surface area contributed by atoms with Gasteiger partial charge in [0, 0.05) is 16.7 Å². The third-order valence-corrected chi connectivity index (χ3v) is 3.87. The van der Waals surface area contributed by atoms with Crippen molar-refractivity contribution in [2.24, 2.45) is 0 Å². The van der Waals surface area contributed by atoms with Crippen molar-refractivity contribution in [1.82, 2.24) is 0 Å². The molecule has 3 aromatic carbocycles. The van der Waals surface area contributed by atoms with Gasteiger partial charge in [0.2, 0.25) is 6.79 Å². The maximum Gasteiger partial charge on any atom is 0.231 e. The van der Waals surface area contributed by atoms with Gasteiger partial charge in [-0.1, -0.05) is 60.7 Å². The molecule has 1 aliphatic heterocycles. The normalized spacial score (nSPS) is 12.4. The first-order chi connectivity index (χ1) is 10.8. The third-order valence-electron chi connectivity index (χ3n) is 3.87. The Morgan fingerprint density at radius 2 is 1.36 bits per heavy atom. The number of hydrogen-bond acceptors (Lipinski definition) is 2. The van der Waals surface area contributed by atoms with Gasteiger partial charge in [0.1, 0.15) is 0 Å². The van der Waals surface area contributed by atoms with Gasteiger partial charge in [-0.3, -0.25) is 0 Å². The van der Waals surface area contributed by atoms with Crippen molar-refractivity contribution in [2.45, 2.75) is 6.92 Å². The Balaban J connectivity index is 2.04. The maximum atomic E-state index is 5.78. The molecule has 1 radical (unpaired) electrons. The summed E-state index contributed by atoms with van der Waals surface area (Å²) in [5.41, 5.74) is 5.31. The summed E-state index contributed by atoms with van der Waals surface area (Å²) in [7, 11) is 0. The first-order valence-corrected chi connectivity index (χ1v) is 7.31. The van der Waals surface area contributed by atoms with E-state index in [0.29, 0.717) is 0 Å². The summed E-state index contributed by atoms with van der Waals surface area (Å²) in [6.07, 6.45) is 0. The average molecular weight is 287 g/mol. The molecular formula is C20H15O2. The van der Waals surface area contributed by atoms with Gasteiger partial charge in [-0.25, -0.2) is 0 Å². The minimum Gasteiger partial charge on any atom is -0.453 e. The van der Waals surface area contributed by atoms with E-state index in [1.807, 2.05) is 43.3 Å². The van der Waals surface area contributed by atoms with E-state index < -0.39 is 0 Å². The summed E-state index contributed by atoms with van der Waals surface area (Å²) < 4.78 is 11.4. The predicted octanol–water partition coefficient (Wildman–Crippen LogP) is 4.86. The molecule has 2 nitrogen and oxygen atoms in total. The van der Waals surface area contributed by atoms with Crippen LogP contribution in [0.3, 0.4) is 0 Å². The second-order valence-electron chi connectivity index (χ2n) is 5.30. The third kappa shape index (κ3) is 2.04. The van der Waals surface area contributed by atoms with Crippen LogP contribution in [0.1, 0.15) is 5.56 Å². The summed E-state index contributed by atoms with van der Waals surface area (Å²) in [4.78, 5) is 0. The van der Waals surface area contributed by atoms with Crippen molar-refractivity contribution < 1.29 is 9.47 Å². The fourth-order valence-corrected chi connectivity index (χ4v) is 2.86. The molecule has 0 aliphatic carbocycles. The van der Waals surface area contributed by atoms with Gasteiger partial charge in [0.05, 0.1) is 0 Å². The van der Waals surface area contributed by atoms with E-state index in [2.05, 4.69) is 30.3 Å². The summed E-state index contributed by atoms with van der Waals surface area (Å²) in [6.45, 7) is 2.27. The summed E-state index contributed by atoms with van der Waals surface area (Å²) in [6, 6.07) is 24.0. The summed E-state index contributed by atoms with van der Waals surface area (Å²) >= 11 is 0. The Kier molecular flexibility index (Phi) is 3.08. The molecule has 0 amide bonds. The molecule has 0 atom stereocenters. The smallest absolute Gasteiger partial charge is 0.231 e. The van der Waals surface area contributed by atoms with Gasteiger partial charge in [-0.05, 0) is 24.1 Å². The summed E-state index contributed by atoms with van der Waals surface area (Å²) in [5, 5.41) is 0. The van der Waals surface area contributed by atoms with Gasteiger partial charge >= 0.3 is 0 Å². The molecule has 3 aromatic rings. The Hall–Kier alpha value is -2.74. The molecule has 22 heavy (non-hydrogen) atoms. The number of fused-ring (bicyclic) bond motifs is 1. The van der Waals surface area contributed by atoms with Crippen LogP contribution < -0.4 is 9.47 Å². The highest BCUT2D eigenvalue weighted by molar-refractivity contribution is 5.90. The second kappa shape index (κ2) is 5.23. The van der Waals surface area contributed by atoms with Crippen molar-refractivity contribution in [3.63, 3.8) is 0 Å². The molecule has 0 fully saturated rings. The molecule has 1 aliphatic rings. The van der Waals surface area contributed by atoms with Crippen LogP contribution in [0.2, 0.25) is 0 Å². The lowest BCUT2D eigenvalue weighted by Crippen LogP contribution is -1.94. The zero-order chi connectivity index (χ0) is 14.9. The fraction of sp³-hybridized carbons (Fsp3) is 0.100. The lowest BCUT2D eigenvalue weighted by atomic mass is 9.91. The van der Waals surface area contributed by atoms with Crippen LogP contribution in [-0.4, -0.2) is 6.79 Å². The molecule has 0 aromatic heterocycles. The average Bonchev–Trinajstić information content (AvgIpc) is 3.06. The van der Waals surface area contributed by atoms with Gasteiger partial charge in [-0.15, -0.1) is 0 Å². The Labute approximate surface area is 129 Å². The molecule has 0 saturated carbocycles. The van der Waals surface area contributed by atoms with Crippen LogP contribution in [0.5, 0.6) is 11.5 Å². The quantitative estimate of drug-likeness (QED) is 0.670. The highest BCUT2D eigenvalue weighted by Crippen LogP contribution is 2.48. The minimum atomic E-state index is 0.266. The van der Waals surface area contributed by atoms with Crippen molar-refractivity contribution in [3.8, 4) is 33.8 Å². The number of hydrogen-bond donors (Lipinski definition) is 0. The van der Waals surface area contributed by atoms with Crippen LogP contribution in [0.15, 0.2) is 60.7 Å². The van der Waals surface area contributed by atoms with E-state index in [1.54, 1.807) is 0 Å². The molecule has 0 spiro atoms. The Bertz CT molecular complexity index is 808. The van der Waals surface area contributed by atoms with Crippen LogP contribution >= 0.6 is 0 Å². The van der Waals surface area contributed by atoms with Crippen LogP contribution in [0.4, 0.5) is 0 Å².